The standard InChI is InChI=1S/C58H92O6/c1-4-7-10-13-16-19-22-25-27-29-31-33-36-39-42-45-48-51-57(60)63-54-55(53-62-56(59)50-47-44-41-38-35-32-24-21-18-15-12-9-6-3)64-58(61)52-49-46-43-40-37-34-30-28-26-23-20-17-14-11-8-5-2/h8-9,11-12,15-21,24-28,34,37,43,46,55H,4-7,10,13-14,22-23,29-33,35-36,38-42,44-45,47-54H2,1-3H3/b11-8-,12-9-,18-15-,19-16-,20-17-,24-21-,27-25-,28-26-,37-34-,46-43-. The average Bonchev–Trinajstić information content (AvgIpc) is 3.29. The first-order chi connectivity index (χ1) is 31.5. The molecule has 0 saturated carbocycles. The number of esters is 3. The van der Waals surface area contributed by atoms with Crippen LogP contribution in [0.25, 0.3) is 0 Å². The number of carbonyl (C=O) groups is 3. The van der Waals surface area contributed by atoms with Crippen LogP contribution in [0, 0.1) is 0 Å². The lowest BCUT2D eigenvalue weighted by Crippen LogP contribution is -2.30. The van der Waals surface area contributed by atoms with Gasteiger partial charge in [-0.3, -0.25) is 14.4 Å². The van der Waals surface area contributed by atoms with Crippen LogP contribution in [0.4, 0.5) is 0 Å². The third kappa shape index (κ3) is 48.8. The van der Waals surface area contributed by atoms with Gasteiger partial charge >= 0.3 is 17.9 Å². The molecule has 0 bridgehead atoms. The second-order valence-corrected chi connectivity index (χ2v) is 16.4. The van der Waals surface area contributed by atoms with Crippen LogP contribution in [0.2, 0.25) is 0 Å². The van der Waals surface area contributed by atoms with Crippen LogP contribution >= 0.6 is 0 Å². The SMILES string of the molecule is CC\C=C/C=C\C=C/CCCCCCCC(=O)OCC(COC(=O)CCCCCCCCC/C=C\C/C=C\CCCCC)OC(=O)CC/C=C\C/C=C\C/C=C\C/C=C\C/C=C\CC. The van der Waals surface area contributed by atoms with Gasteiger partial charge in [-0.1, -0.05) is 206 Å². The van der Waals surface area contributed by atoms with Crippen molar-refractivity contribution in [2.75, 3.05) is 13.2 Å². The molecule has 0 spiro atoms. The van der Waals surface area contributed by atoms with Crippen LogP contribution in [0.5, 0.6) is 0 Å². The van der Waals surface area contributed by atoms with Crippen LogP contribution < -0.4 is 0 Å². The first kappa shape index (κ1) is 59.8. The molecule has 0 aromatic carbocycles. The third-order valence-corrected chi connectivity index (χ3v) is 10.3. The van der Waals surface area contributed by atoms with Gasteiger partial charge in [-0.15, -0.1) is 0 Å². The molecule has 6 nitrogen and oxygen atoms in total. The first-order valence-electron chi connectivity index (χ1n) is 25.6. The Hall–Kier alpha value is -4.19. The minimum atomic E-state index is -0.832. The summed E-state index contributed by atoms with van der Waals surface area (Å²) in [7, 11) is 0. The normalized spacial score (nSPS) is 13.1. The van der Waals surface area contributed by atoms with Crippen molar-refractivity contribution in [1.82, 2.24) is 0 Å². The van der Waals surface area contributed by atoms with Crippen molar-refractivity contribution in [3.63, 3.8) is 0 Å². The Morgan fingerprint density at radius 2 is 0.719 bits per heavy atom. The predicted molar refractivity (Wildman–Crippen MR) is 274 cm³/mol. The lowest BCUT2D eigenvalue weighted by atomic mass is 10.1. The number of hydrogen-bond acceptors (Lipinski definition) is 6. The summed E-state index contributed by atoms with van der Waals surface area (Å²) in [6, 6.07) is 0. The quantitative estimate of drug-likeness (QED) is 0.0199. The summed E-state index contributed by atoms with van der Waals surface area (Å²) in [6.45, 7) is 6.26. The highest BCUT2D eigenvalue weighted by Gasteiger charge is 2.19. The number of unbranched alkanes of at least 4 members (excludes halogenated alkanes) is 15. The summed E-state index contributed by atoms with van der Waals surface area (Å²) >= 11 is 0. The maximum absolute atomic E-state index is 12.8. The molecule has 6 heteroatoms. The molecule has 0 rings (SSSR count). The highest BCUT2D eigenvalue weighted by atomic mass is 16.6. The summed E-state index contributed by atoms with van der Waals surface area (Å²) < 4.78 is 16.7. The molecule has 64 heavy (non-hydrogen) atoms. The zero-order valence-corrected chi connectivity index (χ0v) is 41.0. The van der Waals surface area contributed by atoms with Gasteiger partial charge in [0.05, 0.1) is 0 Å². The largest absolute Gasteiger partial charge is 0.462 e. The van der Waals surface area contributed by atoms with E-state index >= 15 is 0 Å². The van der Waals surface area contributed by atoms with Gasteiger partial charge in [0.15, 0.2) is 6.10 Å². The minimum Gasteiger partial charge on any atom is -0.462 e. The summed E-state index contributed by atoms with van der Waals surface area (Å²) in [5, 5.41) is 0. The minimum absolute atomic E-state index is 0.122. The zero-order chi connectivity index (χ0) is 46.5. The zero-order valence-electron chi connectivity index (χ0n) is 41.0. The van der Waals surface area contributed by atoms with Gasteiger partial charge in [-0.25, -0.2) is 0 Å². The summed E-state index contributed by atoms with van der Waals surface area (Å²) in [5.41, 5.74) is 0. The molecule has 0 aliphatic carbocycles. The van der Waals surface area contributed by atoms with E-state index in [1.54, 1.807) is 0 Å². The number of ether oxygens (including phenoxy) is 3. The number of carbonyl (C=O) groups excluding carboxylic acids is 3. The summed E-state index contributed by atoms with van der Waals surface area (Å²) in [5.74, 6) is -1.04. The Labute approximate surface area is 392 Å². The number of allylic oxidation sites excluding steroid dienone is 20. The third-order valence-electron chi connectivity index (χ3n) is 10.3. The van der Waals surface area contributed by atoms with E-state index < -0.39 is 12.1 Å². The topological polar surface area (TPSA) is 78.9 Å². The highest BCUT2D eigenvalue weighted by molar-refractivity contribution is 5.71. The van der Waals surface area contributed by atoms with Gasteiger partial charge in [-0.2, -0.15) is 0 Å². The molecule has 0 heterocycles. The first-order valence-corrected chi connectivity index (χ1v) is 25.6. The molecule has 0 aromatic heterocycles. The van der Waals surface area contributed by atoms with E-state index in [-0.39, 0.29) is 31.6 Å². The molecule has 1 unspecified atom stereocenters. The second kappa shape index (κ2) is 51.4. The summed E-state index contributed by atoms with van der Waals surface area (Å²) in [4.78, 5) is 37.9. The van der Waals surface area contributed by atoms with Gasteiger partial charge in [0, 0.05) is 19.3 Å². The van der Waals surface area contributed by atoms with Crippen LogP contribution in [0.15, 0.2) is 122 Å². The van der Waals surface area contributed by atoms with E-state index in [2.05, 4.69) is 124 Å². The Bertz CT molecular complexity index is 1390. The molecule has 0 radical (unpaired) electrons. The number of hydrogen-bond donors (Lipinski definition) is 0. The fourth-order valence-electron chi connectivity index (χ4n) is 6.46. The fraction of sp³-hybridized carbons (Fsp3) is 0.603. The molecule has 1 atom stereocenters. The molecule has 0 N–H and O–H groups in total. The van der Waals surface area contributed by atoms with Crippen molar-refractivity contribution in [2.24, 2.45) is 0 Å². The van der Waals surface area contributed by atoms with E-state index in [1.807, 2.05) is 18.2 Å². The lowest BCUT2D eigenvalue weighted by molar-refractivity contribution is -0.166. The van der Waals surface area contributed by atoms with E-state index in [0.29, 0.717) is 19.3 Å². The van der Waals surface area contributed by atoms with Crippen molar-refractivity contribution >= 4 is 17.9 Å². The summed E-state index contributed by atoms with van der Waals surface area (Å²) in [6.07, 6.45) is 70.5. The van der Waals surface area contributed by atoms with Crippen LogP contribution in [-0.2, 0) is 28.6 Å². The Balaban J connectivity index is 4.55. The van der Waals surface area contributed by atoms with Crippen molar-refractivity contribution < 1.29 is 28.6 Å². The van der Waals surface area contributed by atoms with Crippen molar-refractivity contribution in [2.45, 2.75) is 213 Å². The Morgan fingerprint density at radius 3 is 1.19 bits per heavy atom. The van der Waals surface area contributed by atoms with Gasteiger partial charge in [0.25, 0.3) is 0 Å². The maximum atomic E-state index is 12.8. The molecule has 0 fully saturated rings. The van der Waals surface area contributed by atoms with Gasteiger partial charge in [0.2, 0.25) is 0 Å². The monoisotopic (exact) mass is 885 g/mol. The van der Waals surface area contributed by atoms with Crippen molar-refractivity contribution in [3.8, 4) is 0 Å². The van der Waals surface area contributed by atoms with Crippen molar-refractivity contribution in [1.29, 1.82) is 0 Å². The molecular weight excluding hydrogens is 793 g/mol. The second-order valence-electron chi connectivity index (χ2n) is 16.4. The predicted octanol–water partition coefficient (Wildman–Crippen LogP) is 16.9. The van der Waals surface area contributed by atoms with E-state index in [1.165, 1.54) is 51.4 Å². The Morgan fingerprint density at radius 1 is 0.344 bits per heavy atom. The van der Waals surface area contributed by atoms with E-state index in [9.17, 15) is 14.4 Å². The molecule has 0 amide bonds. The molecule has 360 valence electrons. The van der Waals surface area contributed by atoms with Gasteiger partial charge < -0.3 is 14.2 Å². The average molecular weight is 885 g/mol. The maximum Gasteiger partial charge on any atom is 0.306 e. The van der Waals surface area contributed by atoms with Gasteiger partial charge in [0.1, 0.15) is 13.2 Å². The number of rotatable bonds is 44. The fourth-order valence-corrected chi connectivity index (χ4v) is 6.46. The van der Waals surface area contributed by atoms with Crippen LogP contribution in [0.3, 0.4) is 0 Å². The lowest BCUT2D eigenvalue weighted by Gasteiger charge is -2.18. The Kier molecular flexibility index (Phi) is 48.1. The molecule has 0 aliphatic rings. The van der Waals surface area contributed by atoms with E-state index in [4.69, 9.17) is 14.2 Å². The van der Waals surface area contributed by atoms with Gasteiger partial charge in [-0.05, 0) is 103 Å². The van der Waals surface area contributed by atoms with E-state index in [0.717, 1.165) is 109 Å². The molecule has 0 saturated heterocycles. The van der Waals surface area contributed by atoms with Crippen LogP contribution in [-0.4, -0.2) is 37.2 Å². The highest BCUT2D eigenvalue weighted by Crippen LogP contribution is 2.13. The molecular formula is C58H92O6. The van der Waals surface area contributed by atoms with Crippen molar-refractivity contribution in [3.05, 3.63) is 122 Å². The molecule has 0 aromatic rings. The molecule has 0 aliphatic heterocycles. The smallest absolute Gasteiger partial charge is 0.306 e. The van der Waals surface area contributed by atoms with Crippen LogP contribution in [0.1, 0.15) is 207 Å².